The van der Waals surface area contributed by atoms with Gasteiger partial charge in [-0.3, -0.25) is 23.9 Å². The maximum Gasteiger partial charge on any atom is 0.328 e. The Morgan fingerprint density at radius 2 is 2.08 bits per heavy atom. The van der Waals surface area contributed by atoms with Crippen LogP contribution in [0, 0.1) is 29.1 Å². The first kappa shape index (κ1) is 19.7. The summed E-state index contributed by atoms with van der Waals surface area (Å²) in [6, 6.07) is 1.64. The van der Waals surface area contributed by atoms with Crippen molar-refractivity contribution in [3.05, 3.63) is 32.6 Å². The first-order chi connectivity index (χ1) is 11.7. The lowest BCUT2D eigenvalue weighted by atomic mass is 10.2. The van der Waals surface area contributed by atoms with Crippen LogP contribution in [-0.2, 0) is 16.1 Å². The topological polar surface area (TPSA) is 128 Å². The van der Waals surface area contributed by atoms with Crippen molar-refractivity contribution in [1.82, 2.24) is 19.8 Å². The Hall–Kier alpha value is -3.33. The summed E-state index contributed by atoms with van der Waals surface area (Å²) in [5.74, 6) is 4.41. The Labute approximate surface area is 144 Å². The lowest BCUT2D eigenvalue weighted by molar-refractivity contribution is -0.130. The molecule has 0 atom stereocenters. The number of carbonyl (C=O) groups is 2. The molecule has 0 aliphatic carbocycles. The third-order valence-corrected chi connectivity index (χ3v) is 3.07. The molecule has 0 aliphatic heterocycles. The molecular formula is C16H19N5O4. The van der Waals surface area contributed by atoms with Crippen LogP contribution in [0.1, 0.15) is 19.4 Å². The number of hydrogen-bond acceptors (Lipinski definition) is 5. The monoisotopic (exact) mass is 345 g/mol. The predicted molar refractivity (Wildman–Crippen MR) is 89.3 cm³/mol. The summed E-state index contributed by atoms with van der Waals surface area (Å²) in [6.45, 7) is 3.82. The largest absolute Gasteiger partial charge is 0.343 e. The SMILES string of the molecule is CC(C)C#CC(=O)NCCN(C)C(=O)Cn1cc(C#N)c(=O)[nH]c1=O. The van der Waals surface area contributed by atoms with Gasteiger partial charge >= 0.3 is 5.69 Å². The van der Waals surface area contributed by atoms with Gasteiger partial charge in [0, 0.05) is 32.3 Å². The van der Waals surface area contributed by atoms with Gasteiger partial charge in [-0.2, -0.15) is 5.26 Å². The molecule has 1 rings (SSSR count). The van der Waals surface area contributed by atoms with E-state index in [1.807, 2.05) is 18.8 Å². The highest BCUT2D eigenvalue weighted by Gasteiger charge is 2.12. The molecule has 2 amide bonds. The van der Waals surface area contributed by atoms with E-state index in [0.717, 1.165) is 10.8 Å². The number of hydrogen-bond donors (Lipinski definition) is 2. The zero-order chi connectivity index (χ0) is 19.0. The minimum Gasteiger partial charge on any atom is -0.343 e. The standard InChI is InChI=1S/C16H19N5O4/c1-11(2)4-5-13(22)18-6-7-20(3)14(23)10-21-9-12(8-17)15(24)19-16(21)25/h9,11H,6-7,10H2,1-3H3,(H,18,22)(H,19,24,25). The number of amides is 2. The molecule has 9 heteroatoms. The van der Waals surface area contributed by atoms with E-state index >= 15 is 0 Å². The van der Waals surface area contributed by atoms with Crippen molar-refractivity contribution >= 4 is 11.8 Å². The third kappa shape index (κ3) is 6.36. The van der Waals surface area contributed by atoms with E-state index in [9.17, 15) is 19.2 Å². The second-order valence-electron chi connectivity index (χ2n) is 5.54. The van der Waals surface area contributed by atoms with E-state index in [2.05, 4.69) is 17.2 Å². The second kappa shape index (κ2) is 9.08. The van der Waals surface area contributed by atoms with Crippen molar-refractivity contribution in [2.75, 3.05) is 20.1 Å². The Balaban J connectivity index is 2.60. The van der Waals surface area contributed by atoms with Crippen LogP contribution in [0.5, 0.6) is 0 Å². The Morgan fingerprint density at radius 1 is 1.40 bits per heavy atom. The van der Waals surface area contributed by atoms with Gasteiger partial charge in [-0.1, -0.05) is 19.8 Å². The molecule has 0 fully saturated rings. The minimum absolute atomic E-state index is 0.0870. The molecule has 0 spiro atoms. The van der Waals surface area contributed by atoms with Crippen molar-refractivity contribution in [3.63, 3.8) is 0 Å². The Bertz CT molecular complexity index is 863. The van der Waals surface area contributed by atoms with Gasteiger partial charge in [-0.15, -0.1) is 0 Å². The molecule has 0 aromatic carbocycles. The number of nitriles is 1. The van der Waals surface area contributed by atoms with Gasteiger partial charge in [-0.05, 0) is 5.92 Å². The summed E-state index contributed by atoms with van der Waals surface area (Å²) in [5, 5.41) is 11.4. The maximum atomic E-state index is 12.1. The number of carbonyl (C=O) groups excluding carboxylic acids is 2. The van der Waals surface area contributed by atoms with Gasteiger partial charge in [0.05, 0.1) is 0 Å². The average molecular weight is 345 g/mol. The summed E-state index contributed by atoms with van der Waals surface area (Å²) in [4.78, 5) is 49.8. The number of aromatic nitrogens is 2. The van der Waals surface area contributed by atoms with E-state index < -0.39 is 23.1 Å². The van der Waals surface area contributed by atoms with Crippen molar-refractivity contribution in [3.8, 4) is 17.9 Å². The summed E-state index contributed by atoms with van der Waals surface area (Å²) in [6.07, 6.45) is 1.04. The van der Waals surface area contributed by atoms with Crippen LogP contribution < -0.4 is 16.6 Å². The number of aromatic amines is 1. The van der Waals surface area contributed by atoms with Crippen molar-refractivity contribution in [2.45, 2.75) is 20.4 Å². The molecule has 9 nitrogen and oxygen atoms in total. The van der Waals surface area contributed by atoms with Crippen LogP contribution in [0.3, 0.4) is 0 Å². The molecule has 0 unspecified atom stereocenters. The molecule has 0 aliphatic rings. The molecule has 0 radical (unpaired) electrons. The Morgan fingerprint density at radius 3 is 2.68 bits per heavy atom. The fourth-order valence-electron chi connectivity index (χ4n) is 1.69. The normalized spacial score (nSPS) is 9.72. The quantitative estimate of drug-likeness (QED) is 0.637. The predicted octanol–water partition coefficient (Wildman–Crippen LogP) is -1.36. The highest BCUT2D eigenvalue weighted by Crippen LogP contribution is 1.91. The second-order valence-corrected chi connectivity index (χ2v) is 5.54. The first-order valence-electron chi connectivity index (χ1n) is 7.51. The van der Waals surface area contributed by atoms with E-state index in [1.165, 1.54) is 11.9 Å². The van der Waals surface area contributed by atoms with Gasteiger partial charge in [0.2, 0.25) is 5.91 Å². The van der Waals surface area contributed by atoms with Crippen molar-refractivity contribution in [2.24, 2.45) is 5.92 Å². The molecular weight excluding hydrogens is 326 g/mol. The maximum absolute atomic E-state index is 12.1. The lowest BCUT2D eigenvalue weighted by Crippen LogP contribution is -2.40. The van der Waals surface area contributed by atoms with Crippen LogP contribution in [0.25, 0.3) is 0 Å². The molecule has 1 heterocycles. The zero-order valence-corrected chi connectivity index (χ0v) is 14.3. The molecule has 1 aromatic heterocycles. The van der Waals surface area contributed by atoms with Crippen LogP contribution in [-0.4, -0.2) is 46.4 Å². The highest BCUT2D eigenvalue weighted by molar-refractivity contribution is 5.93. The van der Waals surface area contributed by atoms with Crippen LogP contribution in [0.4, 0.5) is 0 Å². The van der Waals surface area contributed by atoms with Crippen LogP contribution in [0.2, 0.25) is 0 Å². The molecule has 0 bridgehead atoms. The van der Waals surface area contributed by atoms with E-state index in [-0.39, 0.29) is 31.1 Å². The molecule has 0 saturated heterocycles. The smallest absolute Gasteiger partial charge is 0.328 e. The number of likely N-dealkylation sites (N-methyl/N-ethyl adjacent to an activating group) is 1. The van der Waals surface area contributed by atoms with Crippen molar-refractivity contribution < 1.29 is 9.59 Å². The molecule has 1 aromatic rings. The number of rotatable bonds is 5. The highest BCUT2D eigenvalue weighted by atomic mass is 16.2. The van der Waals surface area contributed by atoms with Gasteiger partial charge in [0.25, 0.3) is 11.5 Å². The summed E-state index contributed by atoms with van der Waals surface area (Å²) >= 11 is 0. The fraction of sp³-hybridized carbons (Fsp3) is 0.438. The van der Waals surface area contributed by atoms with E-state index in [0.29, 0.717) is 0 Å². The lowest BCUT2D eigenvalue weighted by Gasteiger charge is -2.17. The molecule has 0 saturated carbocycles. The van der Waals surface area contributed by atoms with Gasteiger partial charge in [-0.25, -0.2) is 4.79 Å². The zero-order valence-electron chi connectivity index (χ0n) is 14.3. The summed E-state index contributed by atoms with van der Waals surface area (Å²) in [7, 11) is 1.51. The van der Waals surface area contributed by atoms with Gasteiger partial charge < -0.3 is 10.2 Å². The average Bonchev–Trinajstić information content (AvgIpc) is 2.55. The summed E-state index contributed by atoms with van der Waals surface area (Å²) < 4.78 is 0.950. The fourth-order valence-corrected chi connectivity index (χ4v) is 1.69. The number of nitrogens with zero attached hydrogens (tertiary/aromatic N) is 3. The molecule has 2 N–H and O–H groups in total. The number of H-pyrrole nitrogens is 1. The minimum atomic E-state index is -0.797. The number of nitrogens with one attached hydrogen (secondary N) is 2. The first-order valence-corrected chi connectivity index (χ1v) is 7.51. The third-order valence-electron chi connectivity index (χ3n) is 3.07. The summed E-state index contributed by atoms with van der Waals surface area (Å²) in [5.41, 5.74) is -1.83. The van der Waals surface area contributed by atoms with Gasteiger partial charge in [0.15, 0.2) is 0 Å². The van der Waals surface area contributed by atoms with Crippen LogP contribution >= 0.6 is 0 Å². The van der Waals surface area contributed by atoms with E-state index in [1.54, 1.807) is 6.07 Å². The Kier molecular flexibility index (Phi) is 7.16. The van der Waals surface area contributed by atoms with Crippen molar-refractivity contribution in [1.29, 1.82) is 5.26 Å². The van der Waals surface area contributed by atoms with Gasteiger partial charge in [0.1, 0.15) is 18.2 Å². The van der Waals surface area contributed by atoms with E-state index in [4.69, 9.17) is 5.26 Å². The molecule has 25 heavy (non-hydrogen) atoms. The van der Waals surface area contributed by atoms with Crippen LogP contribution in [0.15, 0.2) is 15.8 Å². The molecule has 132 valence electrons.